The van der Waals surface area contributed by atoms with Crippen LogP contribution in [0.25, 0.3) is 0 Å². The average molecular weight is 230 g/mol. The van der Waals surface area contributed by atoms with Crippen molar-refractivity contribution >= 4 is 0 Å². The normalized spacial score (nSPS) is 27.0. The molecule has 0 aliphatic carbocycles. The molecule has 2 rings (SSSR count). The summed E-state index contributed by atoms with van der Waals surface area (Å²) in [6.45, 7) is 6.70. The molecule has 1 saturated heterocycles. The SMILES string of the molecule is CC1(C)CCO[C@](C)(C#Cc2ccccc2)O1. The summed E-state index contributed by atoms with van der Waals surface area (Å²) in [5.74, 6) is 5.37. The second kappa shape index (κ2) is 4.52. The van der Waals surface area contributed by atoms with Gasteiger partial charge in [0.05, 0.1) is 12.2 Å². The molecule has 1 aliphatic heterocycles. The Labute approximate surface area is 103 Å². The lowest BCUT2D eigenvalue weighted by Crippen LogP contribution is -2.46. The van der Waals surface area contributed by atoms with Gasteiger partial charge < -0.3 is 9.47 Å². The summed E-state index contributed by atoms with van der Waals surface area (Å²) in [6, 6.07) is 9.87. The van der Waals surface area contributed by atoms with Crippen LogP contribution in [0.15, 0.2) is 30.3 Å². The molecule has 0 spiro atoms. The first-order chi connectivity index (χ1) is 7.99. The molecule has 2 nitrogen and oxygen atoms in total. The molecule has 0 aromatic heterocycles. The monoisotopic (exact) mass is 230 g/mol. The Balaban J connectivity index is 2.15. The third-order valence-corrected chi connectivity index (χ3v) is 2.76. The minimum Gasteiger partial charge on any atom is -0.340 e. The van der Waals surface area contributed by atoms with Gasteiger partial charge in [0.15, 0.2) is 0 Å². The smallest absolute Gasteiger partial charge is 0.231 e. The molecule has 0 bridgehead atoms. The van der Waals surface area contributed by atoms with Gasteiger partial charge >= 0.3 is 0 Å². The highest BCUT2D eigenvalue weighted by Crippen LogP contribution is 2.29. The first-order valence-electron chi connectivity index (χ1n) is 5.92. The van der Waals surface area contributed by atoms with Crippen LogP contribution in [0.1, 0.15) is 32.8 Å². The molecule has 0 amide bonds. The summed E-state index contributed by atoms with van der Waals surface area (Å²) in [5.41, 5.74) is 0.808. The van der Waals surface area contributed by atoms with E-state index in [2.05, 4.69) is 25.7 Å². The number of rotatable bonds is 0. The Bertz CT molecular complexity index is 439. The first-order valence-corrected chi connectivity index (χ1v) is 5.92. The van der Waals surface area contributed by atoms with Crippen molar-refractivity contribution in [3.8, 4) is 11.8 Å². The zero-order chi connectivity index (χ0) is 12.4. The third-order valence-electron chi connectivity index (χ3n) is 2.76. The van der Waals surface area contributed by atoms with E-state index in [0.29, 0.717) is 6.61 Å². The fraction of sp³-hybridized carbons (Fsp3) is 0.467. The zero-order valence-electron chi connectivity index (χ0n) is 10.6. The van der Waals surface area contributed by atoms with Crippen molar-refractivity contribution in [3.05, 3.63) is 35.9 Å². The van der Waals surface area contributed by atoms with Crippen molar-refractivity contribution in [1.82, 2.24) is 0 Å². The lowest BCUT2D eigenvalue weighted by molar-refractivity contribution is -0.278. The largest absolute Gasteiger partial charge is 0.340 e. The van der Waals surface area contributed by atoms with Crippen LogP contribution >= 0.6 is 0 Å². The predicted octanol–water partition coefficient (Wildman–Crippen LogP) is 2.97. The minimum atomic E-state index is -0.794. The number of ether oxygens (including phenoxy) is 2. The van der Waals surface area contributed by atoms with Gasteiger partial charge in [-0.05, 0) is 38.3 Å². The molecule has 90 valence electrons. The van der Waals surface area contributed by atoms with E-state index >= 15 is 0 Å². The van der Waals surface area contributed by atoms with Crippen LogP contribution in [0.2, 0.25) is 0 Å². The fourth-order valence-corrected chi connectivity index (χ4v) is 1.87. The van der Waals surface area contributed by atoms with Gasteiger partial charge in [0.1, 0.15) is 0 Å². The van der Waals surface area contributed by atoms with E-state index in [4.69, 9.17) is 9.47 Å². The first kappa shape index (κ1) is 12.2. The minimum absolute atomic E-state index is 0.168. The summed E-state index contributed by atoms with van der Waals surface area (Å²) in [6.07, 6.45) is 0.898. The molecule has 1 fully saturated rings. The molecular formula is C15H18O2. The predicted molar refractivity (Wildman–Crippen MR) is 67.5 cm³/mol. The number of benzene rings is 1. The van der Waals surface area contributed by atoms with Gasteiger partial charge in [0, 0.05) is 12.5 Å². The Kier molecular flexibility index (Phi) is 3.24. The van der Waals surface area contributed by atoms with Crippen LogP contribution < -0.4 is 0 Å². The molecule has 0 unspecified atom stereocenters. The molecule has 0 radical (unpaired) electrons. The van der Waals surface area contributed by atoms with Crippen LogP contribution in [0.5, 0.6) is 0 Å². The zero-order valence-corrected chi connectivity index (χ0v) is 10.6. The van der Waals surface area contributed by atoms with Gasteiger partial charge in [-0.1, -0.05) is 24.1 Å². The molecular weight excluding hydrogens is 212 g/mol. The molecule has 1 heterocycles. The standard InChI is InChI=1S/C15H18O2/c1-14(2)11-12-16-15(3,17-14)10-9-13-7-5-4-6-8-13/h4-8H,11-12H2,1-3H3/t15-/m0/s1. The van der Waals surface area contributed by atoms with Crippen molar-refractivity contribution in [2.24, 2.45) is 0 Å². The number of hydrogen-bond donors (Lipinski definition) is 0. The highest BCUT2D eigenvalue weighted by atomic mass is 16.7. The van der Waals surface area contributed by atoms with E-state index in [1.54, 1.807) is 0 Å². The second-order valence-electron chi connectivity index (χ2n) is 5.02. The van der Waals surface area contributed by atoms with E-state index < -0.39 is 5.79 Å². The summed E-state index contributed by atoms with van der Waals surface area (Å²) >= 11 is 0. The summed E-state index contributed by atoms with van der Waals surface area (Å²) in [5, 5.41) is 0. The fourth-order valence-electron chi connectivity index (χ4n) is 1.87. The van der Waals surface area contributed by atoms with Gasteiger partial charge in [0.2, 0.25) is 5.79 Å². The lowest BCUT2D eigenvalue weighted by Gasteiger charge is -2.40. The number of hydrogen-bond acceptors (Lipinski definition) is 2. The third kappa shape index (κ3) is 3.33. The Morgan fingerprint density at radius 2 is 1.82 bits per heavy atom. The maximum absolute atomic E-state index is 5.89. The van der Waals surface area contributed by atoms with Crippen molar-refractivity contribution in [2.45, 2.75) is 38.6 Å². The quantitative estimate of drug-likeness (QED) is 0.638. The molecule has 0 saturated carbocycles. The van der Waals surface area contributed by atoms with Crippen molar-refractivity contribution in [2.75, 3.05) is 6.61 Å². The highest BCUT2D eigenvalue weighted by molar-refractivity contribution is 5.35. The molecule has 1 aromatic carbocycles. The van der Waals surface area contributed by atoms with Gasteiger partial charge in [0.25, 0.3) is 0 Å². The van der Waals surface area contributed by atoms with Crippen LogP contribution in [0.3, 0.4) is 0 Å². The van der Waals surface area contributed by atoms with Gasteiger partial charge in [-0.3, -0.25) is 0 Å². The molecule has 17 heavy (non-hydrogen) atoms. The Morgan fingerprint density at radius 3 is 2.47 bits per heavy atom. The van der Waals surface area contributed by atoms with E-state index in [1.807, 2.05) is 37.3 Å². The van der Waals surface area contributed by atoms with E-state index in [9.17, 15) is 0 Å². The molecule has 2 heteroatoms. The van der Waals surface area contributed by atoms with Crippen LogP contribution in [0.4, 0.5) is 0 Å². The lowest BCUT2D eigenvalue weighted by atomic mass is 10.0. The van der Waals surface area contributed by atoms with Crippen LogP contribution in [-0.4, -0.2) is 18.0 Å². The van der Waals surface area contributed by atoms with Crippen molar-refractivity contribution in [3.63, 3.8) is 0 Å². The van der Waals surface area contributed by atoms with E-state index in [0.717, 1.165) is 12.0 Å². The van der Waals surface area contributed by atoms with Gasteiger partial charge in [-0.15, -0.1) is 0 Å². The van der Waals surface area contributed by atoms with E-state index in [-0.39, 0.29) is 5.60 Å². The van der Waals surface area contributed by atoms with Gasteiger partial charge in [-0.25, -0.2) is 0 Å². The summed E-state index contributed by atoms with van der Waals surface area (Å²) < 4.78 is 11.5. The molecule has 1 aliphatic rings. The molecule has 1 atom stereocenters. The topological polar surface area (TPSA) is 18.5 Å². The van der Waals surface area contributed by atoms with Crippen molar-refractivity contribution < 1.29 is 9.47 Å². The van der Waals surface area contributed by atoms with Crippen LogP contribution in [0, 0.1) is 11.8 Å². The molecule has 0 N–H and O–H groups in total. The Hall–Kier alpha value is -1.30. The summed E-state index contributed by atoms with van der Waals surface area (Å²) in [4.78, 5) is 0. The second-order valence-corrected chi connectivity index (χ2v) is 5.02. The maximum atomic E-state index is 5.89. The van der Waals surface area contributed by atoms with Crippen LogP contribution in [-0.2, 0) is 9.47 Å². The van der Waals surface area contributed by atoms with Crippen molar-refractivity contribution in [1.29, 1.82) is 0 Å². The average Bonchev–Trinajstić information content (AvgIpc) is 2.26. The summed E-state index contributed by atoms with van der Waals surface area (Å²) in [7, 11) is 0. The maximum Gasteiger partial charge on any atom is 0.231 e. The molecule has 1 aromatic rings. The highest BCUT2D eigenvalue weighted by Gasteiger charge is 2.37. The Morgan fingerprint density at radius 1 is 1.12 bits per heavy atom. The van der Waals surface area contributed by atoms with E-state index in [1.165, 1.54) is 0 Å². The van der Waals surface area contributed by atoms with Gasteiger partial charge in [-0.2, -0.15) is 0 Å².